The van der Waals surface area contributed by atoms with Gasteiger partial charge in [-0.1, -0.05) is 26.0 Å². The molecule has 0 radical (unpaired) electrons. The summed E-state index contributed by atoms with van der Waals surface area (Å²) < 4.78 is 5.37. The van der Waals surface area contributed by atoms with Crippen LogP contribution >= 0.6 is 0 Å². The maximum atomic E-state index is 12.0. The standard InChI is InChI=1S/C15H21NO2/c1-4-6-11-16(3)15(17)13-7-9-14(10-8-13)18-12-5-2/h5,7-10H,2,4,6,11-12H2,1,3H3. The number of ether oxygens (including phenoxy) is 1. The minimum Gasteiger partial charge on any atom is -0.490 e. The molecule has 0 aromatic heterocycles. The fourth-order valence-electron chi connectivity index (χ4n) is 1.57. The molecule has 1 rings (SSSR count). The third kappa shape index (κ3) is 4.24. The molecule has 0 unspecified atom stereocenters. The van der Waals surface area contributed by atoms with E-state index < -0.39 is 0 Å². The van der Waals surface area contributed by atoms with Crippen molar-refractivity contribution in [2.24, 2.45) is 0 Å². The Morgan fingerprint density at radius 3 is 2.61 bits per heavy atom. The molecule has 98 valence electrons. The summed E-state index contributed by atoms with van der Waals surface area (Å²) in [4.78, 5) is 13.8. The molecule has 3 nitrogen and oxygen atoms in total. The zero-order valence-corrected chi connectivity index (χ0v) is 11.2. The maximum absolute atomic E-state index is 12.0. The molecule has 0 saturated carbocycles. The van der Waals surface area contributed by atoms with E-state index in [1.807, 2.05) is 19.2 Å². The first-order valence-corrected chi connectivity index (χ1v) is 6.28. The monoisotopic (exact) mass is 247 g/mol. The largest absolute Gasteiger partial charge is 0.490 e. The van der Waals surface area contributed by atoms with E-state index in [2.05, 4.69) is 13.5 Å². The summed E-state index contributed by atoms with van der Waals surface area (Å²) in [5.41, 5.74) is 0.694. The molecule has 0 fully saturated rings. The van der Waals surface area contributed by atoms with Gasteiger partial charge in [-0.15, -0.1) is 0 Å². The third-order valence-electron chi connectivity index (χ3n) is 2.66. The number of hydrogen-bond donors (Lipinski definition) is 0. The van der Waals surface area contributed by atoms with Gasteiger partial charge in [0.15, 0.2) is 0 Å². The third-order valence-corrected chi connectivity index (χ3v) is 2.66. The zero-order valence-electron chi connectivity index (χ0n) is 11.2. The van der Waals surface area contributed by atoms with Crippen molar-refractivity contribution in [3.63, 3.8) is 0 Å². The van der Waals surface area contributed by atoms with Crippen molar-refractivity contribution in [3.05, 3.63) is 42.5 Å². The average Bonchev–Trinajstić information content (AvgIpc) is 2.42. The van der Waals surface area contributed by atoms with E-state index in [9.17, 15) is 4.79 Å². The number of carbonyl (C=O) groups is 1. The molecule has 0 aliphatic carbocycles. The van der Waals surface area contributed by atoms with Crippen molar-refractivity contribution in [3.8, 4) is 5.75 Å². The molecule has 0 N–H and O–H groups in total. The summed E-state index contributed by atoms with van der Waals surface area (Å²) in [6, 6.07) is 7.21. The number of nitrogens with zero attached hydrogens (tertiary/aromatic N) is 1. The van der Waals surface area contributed by atoms with E-state index in [1.54, 1.807) is 23.1 Å². The first kappa shape index (κ1) is 14.3. The molecule has 18 heavy (non-hydrogen) atoms. The van der Waals surface area contributed by atoms with Crippen molar-refractivity contribution in [2.45, 2.75) is 19.8 Å². The summed E-state index contributed by atoms with van der Waals surface area (Å²) in [5.74, 6) is 0.807. The van der Waals surface area contributed by atoms with Crippen LogP contribution in [0.15, 0.2) is 36.9 Å². The van der Waals surface area contributed by atoms with Crippen LogP contribution in [-0.2, 0) is 0 Å². The van der Waals surface area contributed by atoms with E-state index in [4.69, 9.17) is 4.74 Å². The minimum absolute atomic E-state index is 0.0544. The van der Waals surface area contributed by atoms with E-state index >= 15 is 0 Å². The lowest BCUT2D eigenvalue weighted by atomic mass is 10.2. The number of carbonyl (C=O) groups excluding carboxylic acids is 1. The van der Waals surface area contributed by atoms with Crippen LogP contribution in [0.5, 0.6) is 5.75 Å². The van der Waals surface area contributed by atoms with Gasteiger partial charge < -0.3 is 9.64 Å². The molecule has 0 saturated heterocycles. The van der Waals surface area contributed by atoms with E-state index in [-0.39, 0.29) is 5.91 Å². The summed E-state index contributed by atoms with van der Waals surface area (Å²) in [7, 11) is 1.83. The Kier molecular flexibility index (Phi) is 5.98. The normalized spacial score (nSPS) is 9.89. The first-order chi connectivity index (χ1) is 8.69. The van der Waals surface area contributed by atoms with Gasteiger partial charge in [-0.3, -0.25) is 4.79 Å². The van der Waals surface area contributed by atoms with Crippen molar-refractivity contribution in [1.29, 1.82) is 0 Å². The zero-order chi connectivity index (χ0) is 13.4. The molecule has 0 heterocycles. The van der Waals surface area contributed by atoms with Gasteiger partial charge in [0.2, 0.25) is 0 Å². The second kappa shape index (κ2) is 7.54. The Hall–Kier alpha value is -1.77. The Bertz CT molecular complexity index is 384. The summed E-state index contributed by atoms with van der Waals surface area (Å²) >= 11 is 0. The van der Waals surface area contributed by atoms with Crippen molar-refractivity contribution in [2.75, 3.05) is 20.2 Å². The number of unbranched alkanes of at least 4 members (excludes halogenated alkanes) is 1. The second-order valence-corrected chi connectivity index (χ2v) is 4.20. The fourth-order valence-corrected chi connectivity index (χ4v) is 1.57. The van der Waals surface area contributed by atoms with Crippen LogP contribution in [0.4, 0.5) is 0 Å². The lowest BCUT2D eigenvalue weighted by molar-refractivity contribution is 0.0793. The van der Waals surface area contributed by atoms with Crippen LogP contribution in [0.2, 0.25) is 0 Å². The van der Waals surface area contributed by atoms with Crippen LogP contribution in [-0.4, -0.2) is 31.0 Å². The van der Waals surface area contributed by atoms with Crippen LogP contribution in [0.25, 0.3) is 0 Å². The highest BCUT2D eigenvalue weighted by atomic mass is 16.5. The number of amides is 1. The molecule has 1 aromatic rings. The predicted molar refractivity (Wildman–Crippen MR) is 74.0 cm³/mol. The summed E-state index contributed by atoms with van der Waals surface area (Å²) in [5, 5.41) is 0. The predicted octanol–water partition coefficient (Wildman–Crippen LogP) is 3.12. The van der Waals surface area contributed by atoms with Crippen molar-refractivity contribution >= 4 is 5.91 Å². The van der Waals surface area contributed by atoms with Crippen molar-refractivity contribution < 1.29 is 9.53 Å². The van der Waals surface area contributed by atoms with Crippen LogP contribution in [0, 0.1) is 0 Å². The Labute approximate surface area is 109 Å². The van der Waals surface area contributed by atoms with E-state index in [0.717, 1.165) is 25.1 Å². The van der Waals surface area contributed by atoms with Gasteiger partial charge in [0.1, 0.15) is 12.4 Å². The Morgan fingerprint density at radius 2 is 2.06 bits per heavy atom. The van der Waals surface area contributed by atoms with Crippen LogP contribution in [0.1, 0.15) is 30.1 Å². The smallest absolute Gasteiger partial charge is 0.253 e. The maximum Gasteiger partial charge on any atom is 0.253 e. The molecule has 1 amide bonds. The van der Waals surface area contributed by atoms with Crippen LogP contribution in [0.3, 0.4) is 0 Å². The molecule has 0 aliphatic rings. The van der Waals surface area contributed by atoms with Gasteiger partial charge in [0.05, 0.1) is 0 Å². The lowest BCUT2D eigenvalue weighted by Gasteiger charge is -2.16. The highest BCUT2D eigenvalue weighted by Gasteiger charge is 2.10. The highest BCUT2D eigenvalue weighted by molar-refractivity contribution is 5.94. The van der Waals surface area contributed by atoms with Gasteiger partial charge in [-0.25, -0.2) is 0 Å². The highest BCUT2D eigenvalue weighted by Crippen LogP contribution is 2.13. The number of rotatable bonds is 7. The molecular formula is C15H21NO2. The van der Waals surface area contributed by atoms with E-state index in [1.165, 1.54) is 0 Å². The first-order valence-electron chi connectivity index (χ1n) is 6.28. The van der Waals surface area contributed by atoms with Gasteiger partial charge in [0, 0.05) is 19.2 Å². The SMILES string of the molecule is C=CCOc1ccc(C(=O)N(C)CCCC)cc1. The van der Waals surface area contributed by atoms with Gasteiger partial charge in [-0.05, 0) is 30.7 Å². The quantitative estimate of drug-likeness (QED) is 0.693. The fraction of sp³-hybridized carbons (Fsp3) is 0.400. The van der Waals surface area contributed by atoms with Crippen LogP contribution < -0.4 is 4.74 Å². The second-order valence-electron chi connectivity index (χ2n) is 4.20. The molecule has 1 aromatic carbocycles. The molecule has 3 heteroatoms. The molecule has 0 atom stereocenters. The Balaban J connectivity index is 2.60. The van der Waals surface area contributed by atoms with Gasteiger partial charge in [0.25, 0.3) is 5.91 Å². The van der Waals surface area contributed by atoms with E-state index in [0.29, 0.717) is 12.2 Å². The molecular weight excluding hydrogens is 226 g/mol. The van der Waals surface area contributed by atoms with Gasteiger partial charge in [-0.2, -0.15) is 0 Å². The minimum atomic E-state index is 0.0544. The average molecular weight is 247 g/mol. The van der Waals surface area contributed by atoms with Crippen molar-refractivity contribution in [1.82, 2.24) is 4.90 Å². The topological polar surface area (TPSA) is 29.5 Å². The summed E-state index contributed by atoms with van der Waals surface area (Å²) in [6.45, 7) is 6.97. The van der Waals surface area contributed by atoms with Gasteiger partial charge >= 0.3 is 0 Å². The Morgan fingerprint density at radius 1 is 1.39 bits per heavy atom. The molecule has 0 aliphatic heterocycles. The number of hydrogen-bond acceptors (Lipinski definition) is 2. The summed E-state index contributed by atoms with van der Waals surface area (Å²) in [6.07, 6.45) is 3.81. The lowest BCUT2D eigenvalue weighted by Crippen LogP contribution is -2.27. The number of benzene rings is 1. The molecule has 0 bridgehead atoms. The molecule has 0 spiro atoms.